The van der Waals surface area contributed by atoms with E-state index in [9.17, 15) is 32.3 Å². The van der Waals surface area contributed by atoms with Crippen LogP contribution in [0.4, 0.5) is 23.4 Å². The van der Waals surface area contributed by atoms with Crippen LogP contribution in [0.15, 0.2) is 24.7 Å². The third-order valence-electron chi connectivity index (χ3n) is 7.76. The molecule has 5 heterocycles. The van der Waals surface area contributed by atoms with Crippen molar-refractivity contribution in [2.75, 3.05) is 39.0 Å². The van der Waals surface area contributed by atoms with Crippen molar-refractivity contribution in [3.05, 3.63) is 35.8 Å². The molecule has 16 heteroatoms. The molecule has 2 fully saturated rings. The number of nitrogen functional groups attached to an aromatic ring is 1. The van der Waals surface area contributed by atoms with E-state index in [-0.39, 0.29) is 22.7 Å². The fourth-order valence-corrected chi connectivity index (χ4v) is 5.65. The number of nitrogens with two attached hydrogens (primary N) is 1. The van der Waals surface area contributed by atoms with E-state index in [2.05, 4.69) is 39.1 Å². The maximum atomic E-state index is 14.8. The van der Waals surface area contributed by atoms with Crippen molar-refractivity contribution in [2.24, 2.45) is 5.41 Å². The molecule has 5 rings (SSSR count). The molecule has 2 aliphatic rings. The first-order chi connectivity index (χ1) is 20.0. The lowest BCUT2D eigenvalue weighted by atomic mass is 9.84. The Morgan fingerprint density at radius 3 is 2.53 bits per heavy atom. The molecule has 0 unspecified atom stereocenters. The average molecular weight is 609 g/mol. The van der Waals surface area contributed by atoms with Gasteiger partial charge in [-0.15, -0.1) is 0 Å². The number of anilines is 1. The molecule has 2 amide bonds. The van der Waals surface area contributed by atoms with Crippen LogP contribution >= 0.6 is 0 Å². The number of fused-ring (bicyclic) bond motifs is 1. The molecule has 232 valence electrons. The molecule has 43 heavy (non-hydrogen) atoms. The summed E-state index contributed by atoms with van der Waals surface area (Å²) in [6.07, 6.45) is -4.37. The molecule has 3 aromatic heterocycles. The van der Waals surface area contributed by atoms with Crippen molar-refractivity contribution in [1.82, 2.24) is 34.7 Å². The number of aromatic nitrogens is 4. The van der Waals surface area contributed by atoms with E-state index in [0.717, 1.165) is 18.7 Å². The zero-order chi connectivity index (χ0) is 31.5. The van der Waals surface area contributed by atoms with E-state index in [1.54, 1.807) is 4.52 Å². The first-order valence-corrected chi connectivity index (χ1v) is 13.4. The first-order valence-electron chi connectivity index (χ1n) is 13.4. The number of nitrogens with one attached hydrogen (secondary N) is 1. The van der Waals surface area contributed by atoms with Gasteiger partial charge in [-0.1, -0.05) is 13.8 Å². The van der Waals surface area contributed by atoms with Crippen LogP contribution in [-0.4, -0.2) is 104 Å². The number of rotatable bonds is 7. The van der Waals surface area contributed by atoms with Gasteiger partial charge in [-0.3, -0.25) is 14.5 Å². The van der Waals surface area contributed by atoms with Gasteiger partial charge in [-0.05, 0) is 30.0 Å². The van der Waals surface area contributed by atoms with Gasteiger partial charge in [0.2, 0.25) is 11.5 Å². The number of carbonyl (C=O) groups excluding carboxylic acids is 2. The fourth-order valence-electron chi connectivity index (χ4n) is 5.65. The minimum atomic E-state index is -5.26. The number of alkyl halides is 4. The van der Waals surface area contributed by atoms with E-state index in [1.807, 2.05) is 6.07 Å². The lowest BCUT2D eigenvalue weighted by molar-refractivity contribution is -0.249. The van der Waals surface area contributed by atoms with E-state index in [1.165, 1.54) is 25.7 Å². The molecule has 0 aromatic carbocycles. The largest absolute Gasteiger partial charge is 0.480 e. The van der Waals surface area contributed by atoms with Crippen molar-refractivity contribution in [3.63, 3.8) is 0 Å². The average Bonchev–Trinajstić information content (AvgIpc) is 3.47. The highest BCUT2D eigenvalue weighted by Gasteiger charge is 2.58. The maximum absolute atomic E-state index is 14.8. The van der Waals surface area contributed by atoms with Gasteiger partial charge in [0, 0.05) is 37.9 Å². The van der Waals surface area contributed by atoms with Crippen LogP contribution < -0.4 is 15.8 Å². The normalized spacial score (nSPS) is 21.8. The first kappa shape index (κ1) is 30.4. The summed E-state index contributed by atoms with van der Waals surface area (Å²) in [6, 6.07) is 2.00. The summed E-state index contributed by atoms with van der Waals surface area (Å²) in [5.74, 6) is -2.34. The number of hydrogen-bond acceptors (Lipinski definition) is 9. The molecule has 2 aliphatic heterocycles. The van der Waals surface area contributed by atoms with E-state index in [0.29, 0.717) is 35.1 Å². The summed E-state index contributed by atoms with van der Waals surface area (Å²) < 4.78 is 61.2. The summed E-state index contributed by atoms with van der Waals surface area (Å²) in [4.78, 5) is 36.8. The van der Waals surface area contributed by atoms with Gasteiger partial charge >= 0.3 is 6.18 Å². The van der Waals surface area contributed by atoms with Gasteiger partial charge in [0.1, 0.15) is 23.6 Å². The quantitative estimate of drug-likeness (QED) is 0.341. The molecule has 0 bridgehead atoms. The van der Waals surface area contributed by atoms with E-state index < -0.39 is 48.9 Å². The highest BCUT2D eigenvalue weighted by Crippen LogP contribution is 2.35. The monoisotopic (exact) mass is 608 g/mol. The fraction of sp³-hybridized carbons (Fsp3) is 0.519. The van der Waals surface area contributed by atoms with Gasteiger partial charge in [-0.25, -0.2) is 18.9 Å². The smallest absolute Gasteiger partial charge is 0.426 e. The van der Waals surface area contributed by atoms with Gasteiger partial charge in [0.05, 0.1) is 25.4 Å². The van der Waals surface area contributed by atoms with Gasteiger partial charge < -0.3 is 25.8 Å². The zero-order valence-electron chi connectivity index (χ0n) is 23.9. The number of halogens is 4. The van der Waals surface area contributed by atoms with Crippen molar-refractivity contribution in [3.8, 4) is 17.1 Å². The number of methoxy groups -OCH3 is 1. The van der Waals surface area contributed by atoms with Crippen molar-refractivity contribution in [1.29, 1.82) is 0 Å². The molecule has 0 spiro atoms. The minimum Gasteiger partial charge on any atom is -0.480 e. The van der Waals surface area contributed by atoms with E-state index in [4.69, 9.17) is 10.5 Å². The van der Waals surface area contributed by atoms with Gasteiger partial charge in [0.25, 0.3) is 11.8 Å². The predicted molar refractivity (Wildman–Crippen MR) is 146 cm³/mol. The van der Waals surface area contributed by atoms with Crippen LogP contribution in [0.3, 0.4) is 0 Å². The summed E-state index contributed by atoms with van der Waals surface area (Å²) in [6.45, 7) is 5.73. The van der Waals surface area contributed by atoms with E-state index >= 15 is 0 Å². The lowest BCUT2D eigenvalue weighted by Crippen LogP contribution is -2.56. The van der Waals surface area contributed by atoms with Gasteiger partial charge in [-0.2, -0.15) is 18.3 Å². The molecular formula is C27H32F4N8O4. The highest BCUT2D eigenvalue weighted by molar-refractivity contribution is 5.98. The Morgan fingerprint density at radius 1 is 1.21 bits per heavy atom. The Balaban J connectivity index is 1.41. The van der Waals surface area contributed by atoms with Crippen LogP contribution in [0.25, 0.3) is 16.8 Å². The third-order valence-corrected chi connectivity index (χ3v) is 7.76. The Bertz CT molecular complexity index is 1570. The van der Waals surface area contributed by atoms with Crippen LogP contribution in [0, 0.1) is 5.41 Å². The second-order valence-corrected chi connectivity index (χ2v) is 11.9. The van der Waals surface area contributed by atoms with Crippen LogP contribution in [0.1, 0.15) is 36.7 Å². The Morgan fingerprint density at radius 2 is 1.91 bits per heavy atom. The molecule has 4 N–H and O–H groups in total. The molecule has 2 saturated heterocycles. The number of ether oxygens (including phenoxy) is 1. The number of hydrogen-bond donors (Lipinski definition) is 3. The number of aliphatic hydroxyl groups is 1. The summed E-state index contributed by atoms with van der Waals surface area (Å²) in [5, 5.41) is 16.5. The molecule has 3 aromatic rings. The molecule has 0 saturated carbocycles. The number of likely N-dealkylation sites (tertiary alicyclic amines) is 2. The number of amides is 2. The van der Waals surface area contributed by atoms with Crippen molar-refractivity contribution >= 4 is 23.1 Å². The molecule has 12 nitrogen and oxygen atoms in total. The van der Waals surface area contributed by atoms with Crippen LogP contribution in [-0.2, 0) is 11.3 Å². The summed E-state index contributed by atoms with van der Waals surface area (Å²) >= 11 is 0. The zero-order valence-corrected chi connectivity index (χ0v) is 23.9. The third kappa shape index (κ3) is 5.56. The number of pyridine rings is 1. The number of carbonyl (C=O) groups is 2. The Hall–Kier alpha value is -4.05. The maximum Gasteiger partial charge on any atom is 0.426 e. The lowest BCUT2D eigenvalue weighted by Gasteiger charge is -2.45. The molecule has 0 radical (unpaired) electrons. The second kappa shape index (κ2) is 10.6. The second-order valence-electron chi connectivity index (χ2n) is 11.9. The standard InChI is InChI=1S/C27H32F4N8O4/c1-25(2)11-37(12-25)8-15-6-19(39-20(15)21(32)34-13-35-39)14-5-16(23(43-4)33-7-14)22(40)36-18-10-38(9-17(18)28)24(41)26(3,42)27(29,30)31/h5-7,13,17-18,42H,8-12H2,1-4H3,(H,36,40)(H2,32,34,35)/t17-,18+,26+/m0/s1. The minimum absolute atomic E-state index is 0.0812. The van der Waals surface area contributed by atoms with Crippen molar-refractivity contribution in [2.45, 2.75) is 51.3 Å². The van der Waals surface area contributed by atoms with Gasteiger partial charge in [0.15, 0.2) is 5.82 Å². The van der Waals surface area contributed by atoms with Crippen molar-refractivity contribution < 1.29 is 37.0 Å². The topological polar surface area (TPSA) is 151 Å². The summed E-state index contributed by atoms with van der Waals surface area (Å²) in [5.41, 5.74) is 5.13. The van der Waals surface area contributed by atoms with Crippen LogP contribution in [0.5, 0.6) is 5.88 Å². The van der Waals surface area contributed by atoms with Crippen LogP contribution in [0.2, 0.25) is 0 Å². The molecule has 3 atom stereocenters. The highest BCUT2D eigenvalue weighted by atomic mass is 19.4. The predicted octanol–water partition coefficient (Wildman–Crippen LogP) is 1.82. The Kier molecular flexibility index (Phi) is 7.49. The molecule has 0 aliphatic carbocycles. The number of nitrogens with zero attached hydrogens (tertiary/aromatic N) is 6. The molecular weight excluding hydrogens is 576 g/mol. The Labute approximate surface area is 243 Å². The SMILES string of the molecule is COc1ncc(-c2cc(CN3CC(C)(C)C3)c3c(N)ncnn23)cc1C(=O)N[C@@H]1CN(C(=O)[C@@](C)(O)C(F)(F)F)C[C@@H]1F. The summed E-state index contributed by atoms with van der Waals surface area (Å²) in [7, 11) is 1.29.